The fourth-order valence-electron chi connectivity index (χ4n) is 3.06. The lowest BCUT2D eigenvalue weighted by Gasteiger charge is -2.41. The number of morpholine rings is 1. The molecule has 0 aromatic heterocycles. The van der Waals surface area contributed by atoms with E-state index in [1.54, 1.807) is 6.92 Å². The fourth-order valence-corrected chi connectivity index (χ4v) is 3.06. The Morgan fingerprint density at radius 1 is 1.33 bits per heavy atom. The molecule has 1 atom stereocenters. The van der Waals surface area contributed by atoms with Gasteiger partial charge in [-0.15, -0.1) is 0 Å². The number of halogens is 1. The van der Waals surface area contributed by atoms with E-state index in [-0.39, 0.29) is 11.3 Å². The molecule has 1 saturated heterocycles. The lowest BCUT2D eigenvalue weighted by atomic mass is 9.84. The highest BCUT2D eigenvalue weighted by molar-refractivity contribution is 6.04. The van der Waals surface area contributed by atoms with Gasteiger partial charge in [0.15, 0.2) is 5.78 Å². The number of benzene rings is 1. The van der Waals surface area contributed by atoms with E-state index in [0.717, 1.165) is 5.56 Å². The zero-order valence-corrected chi connectivity index (χ0v) is 13.3. The predicted molar refractivity (Wildman–Crippen MR) is 81.3 cm³/mol. The largest absolute Gasteiger partial charge is 0.379 e. The van der Waals surface area contributed by atoms with Crippen molar-refractivity contribution in [2.45, 2.75) is 39.7 Å². The van der Waals surface area contributed by atoms with Gasteiger partial charge in [-0.3, -0.25) is 9.69 Å². The van der Waals surface area contributed by atoms with Crippen LogP contribution < -0.4 is 0 Å². The average molecular weight is 293 g/mol. The van der Waals surface area contributed by atoms with Crippen molar-refractivity contribution in [2.75, 3.05) is 26.3 Å². The molecule has 1 aromatic rings. The van der Waals surface area contributed by atoms with Crippen LogP contribution in [0.5, 0.6) is 0 Å². The third-order valence-electron chi connectivity index (χ3n) is 4.55. The Kier molecular flexibility index (Phi) is 4.79. The van der Waals surface area contributed by atoms with Crippen LogP contribution in [0.4, 0.5) is 4.39 Å². The van der Waals surface area contributed by atoms with E-state index in [0.29, 0.717) is 38.3 Å². The molecule has 0 amide bonds. The summed E-state index contributed by atoms with van der Waals surface area (Å²) in [5.41, 5.74) is 1.11. The number of hydrogen-bond donors (Lipinski definition) is 0. The highest BCUT2D eigenvalue weighted by atomic mass is 19.1. The van der Waals surface area contributed by atoms with Crippen LogP contribution in [-0.2, 0) is 4.74 Å². The molecule has 0 saturated carbocycles. The van der Waals surface area contributed by atoms with E-state index in [4.69, 9.17) is 4.74 Å². The predicted octanol–water partition coefficient (Wildman–Crippen LogP) is 3.13. The molecule has 0 spiro atoms. The molecule has 2 rings (SSSR count). The second kappa shape index (κ2) is 6.24. The fraction of sp³-hybridized carbons (Fsp3) is 0.588. The Hall–Kier alpha value is -1.26. The summed E-state index contributed by atoms with van der Waals surface area (Å²) in [5, 5.41) is 0. The minimum Gasteiger partial charge on any atom is -0.379 e. The van der Waals surface area contributed by atoms with Gasteiger partial charge in [0.25, 0.3) is 0 Å². The van der Waals surface area contributed by atoms with E-state index >= 15 is 0 Å². The third-order valence-corrected chi connectivity index (χ3v) is 4.55. The highest BCUT2D eigenvalue weighted by Gasteiger charge is 2.40. The number of aryl methyl sites for hydroxylation is 2. The first-order chi connectivity index (χ1) is 9.90. The van der Waals surface area contributed by atoms with Gasteiger partial charge >= 0.3 is 0 Å². The van der Waals surface area contributed by atoms with Crippen molar-refractivity contribution in [3.05, 3.63) is 34.6 Å². The standard InChI is InChI=1S/C17H24FNO2/c1-5-17(4,19-6-8-21-9-7-19)16(20)15-13(3)10-12(2)11-14(15)18/h10-11H,5-9H2,1-4H3. The molecular formula is C17H24FNO2. The molecule has 1 aliphatic heterocycles. The van der Waals surface area contributed by atoms with Crippen molar-refractivity contribution in [1.82, 2.24) is 4.90 Å². The van der Waals surface area contributed by atoms with Crippen LogP contribution in [0, 0.1) is 19.7 Å². The Morgan fingerprint density at radius 2 is 1.95 bits per heavy atom. The molecule has 116 valence electrons. The molecule has 1 fully saturated rings. The van der Waals surface area contributed by atoms with Crippen molar-refractivity contribution in [2.24, 2.45) is 0 Å². The van der Waals surface area contributed by atoms with Gasteiger partial charge in [-0.25, -0.2) is 4.39 Å². The molecule has 0 bridgehead atoms. The molecule has 1 heterocycles. The molecule has 3 nitrogen and oxygen atoms in total. The zero-order valence-electron chi connectivity index (χ0n) is 13.3. The van der Waals surface area contributed by atoms with E-state index in [1.807, 2.05) is 26.8 Å². The number of rotatable bonds is 4. The third kappa shape index (κ3) is 3.01. The number of carbonyl (C=O) groups excluding carboxylic acids is 1. The second-order valence-electron chi connectivity index (χ2n) is 5.99. The lowest BCUT2D eigenvalue weighted by molar-refractivity contribution is -0.0108. The summed E-state index contributed by atoms with van der Waals surface area (Å²) >= 11 is 0. The number of nitrogens with zero attached hydrogens (tertiary/aromatic N) is 1. The molecule has 0 radical (unpaired) electrons. The topological polar surface area (TPSA) is 29.5 Å². The van der Waals surface area contributed by atoms with Gasteiger partial charge in [0, 0.05) is 13.1 Å². The van der Waals surface area contributed by atoms with Gasteiger partial charge in [0.1, 0.15) is 5.82 Å². The van der Waals surface area contributed by atoms with Crippen LogP contribution in [0.15, 0.2) is 12.1 Å². The SMILES string of the molecule is CCC(C)(C(=O)c1c(C)cc(C)cc1F)N1CCOCC1. The number of Topliss-reactive ketones (excluding diaryl/α,β-unsaturated/α-hetero) is 1. The minimum atomic E-state index is -0.676. The van der Waals surface area contributed by atoms with Gasteiger partial charge in [-0.1, -0.05) is 13.0 Å². The summed E-state index contributed by atoms with van der Waals surface area (Å²) in [6.07, 6.45) is 0.651. The molecule has 1 aliphatic rings. The van der Waals surface area contributed by atoms with Crippen LogP contribution >= 0.6 is 0 Å². The molecule has 4 heteroatoms. The monoisotopic (exact) mass is 293 g/mol. The summed E-state index contributed by atoms with van der Waals surface area (Å²) in [7, 11) is 0. The van der Waals surface area contributed by atoms with Gasteiger partial charge in [0.2, 0.25) is 0 Å². The molecule has 0 aliphatic carbocycles. The van der Waals surface area contributed by atoms with E-state index in [2.05, 4.69) is 4.90 Å². The summed E-state index contributed by atoms with van der Waals surface area (Å²) in [5.74, 6) is -0.535. The molecular weight excluding hydrogens is 269 g/mol. The lowest BCUT2D eigenvalue weighted by Crippen LogP contribution is -2.56. The van der Waals surface area contributed by atoms with Crippen LogP contribution in [-0.4, -0.2) is 42.5 Å². The van der Waals surface area contributed by atoms with E-state index < -0.39 is 11.4 Å². The molecule has 0 N–H and O–H groups in total. The number of ketones is 1. The zero-order chi connectivity index (χ0) is 15.6. The van der Waals surface area contributed by atoms with Crippen molar-refractivity contribution < 1.29 is 13.9 Å². The molecule has 1 unspecified atom stereocenters. The smallest absolute Gasteiger partial charge is 0.185 e. The quantitative estimate of drug-likeness (QED) is 0.799. The highest BCUT2D eigenvalue weighted by Crippen LogP contribution is 2.29. The number of hydrogen-bond acceptors (Lipinski definition) is 3. The summed E-state index contributed by atoms with van der Waals surface area (Å²) in [4.78, 5) is 15.1. The van der Waals surface area contributed by atoms with E-state index in [1.165, 1.54) is 6.07 Å². The first-order valence-corrected chi connectivity index (χ1v) is 7.54. The van der Waals surface area contributed by atoms with E-state index in [9.17, 15) is 9.18 Å². The van der Waals surface area contributed by atoms with Crippen LogP contribution in [0.3, 0.4) is 0 Å². The average Bonchev–Trinajstić information content (AvgIpc) is 2.46. The van der Waals surface area contributed by atoms with Crippen molar-refractivity contribution in [3.8, 4) is 0 Å². The second-order valence-corrected chi connectivity index (χ2v) is 5.99. The van der Waals surface area contributed by atoms with Gasteiger partial charge in [-0.2, -0.15) is 0 Å². The Balaban J connectivity index is 2.40. The van der Waals surface area contributed by atoms with Gasteiger partial charge in [-0.05, 0) is 44.4 Å². The summed E-state index contributed by atoms with van der Waals surface area (Å²) in [6.45, 7) is 10.2. The van der Waals surface area contributed by atoms with Crippen molar-refractivity contribution in [1.29, 1.82) is 0 Å². The maximum absolute atomic E-state index is 14.3. The maximum atomic E-state index is 14.3. The summed E-state index contributed by atoms with van der Waals surface area (Å²) in [6, 6.07) is 3.31. The van der Waals surface area contributed by atoms with Gasteiger partial charge < -0.3 is 4.74 Å². The van der Waals surface area contributed by atoms with Crippen molar-refractivity contribution >= 4 is 5.78 Å². The summed E-state index contributed by atoms with van der Waals surface area (Å²) < 4.78 is 19.7. The van der Waals surface area contributed by atoms with Gasteiger partial charge in [0.05, 0.1) is 24.3 Å². The Labute approximate surface area is 126 Å². The van der Waals surface area contributed by atoms with Crippen LogP contribution in [0.1, 0.15) is 41.8 Å². The Bertz CT molecular complexity index is 515. The van der Waals surface area contributed by atoms with Crippen molar-refractivity contribution in [3.63, 3.8) is 0 Å². The molecule has 1 aromatic carbocycles. The Morgan fingerprint density at radius 3 is 2.48 bits per heavy atom. The molecule has 21 heavy (non-hydrogen) atoms. The van der Waals surface area contributed by atoms with Crippen LogP contribution in [0.2, 0.25) is 0 Å². The minimum absolute atomic E-state index is 0.123. The number of ether oxygens (including phenoxy) is 1. The first-order valence-electron chi connectivity index (χ1n) is 7.54. The normalized spacial score (nSPS) is 19.3. The maximum Gasteiger partial charge on any atom is 0.185 e. The first kappa shape index (κ1) is 16.1. The van der Waals surface area contributed by atoms with Crippen LogP contribution in [0.25, 0.3) is 0 Å². The number of carbonyl (C=O) groups is 1.